The average molecular weight is 403 g/mol. The highest BCUT2D eigenvalue weighted by Gasteiger charge is 2.21. The maximum atomic E-state index is 13.2. The summed E-state index contributed by atoms with van der Waals surface area (Å²) in [5.41, 5.74) is 0.175. The molecule has 0 aliphatic carbocycles. The Morgan fingerprint density at radius 1 is 1.24 bits per heavy atom. The summed E-state index contributed by atoms with van der Waals surface area (Å²) in [6, 6.07) is 6.70. The van der Waals surface area contributed by atoms with Crippen LogP contribution < -0.4 is 4.72 Å². The van der Waals surface area contributed by atoms with Crippen molar-refractivity contribution in [1.29, 1.82) is 0 Å². The topological polar surface area (TPSA) is 66.5 Å². The molecule has 1 aliphatic heterocycles. The van der Waals surface area contributed by atoms with Crippen LogP contribution in [0, 0.1) is 5.82 Å². The van der Waals surface area contributed by atoms with Crippen LogP contribution in [0.3, 0.4) is 0 Å². The highest BCUT2D eigenvalue weighted by molar-refractivity contribution is 7.94. The van der Waals surface area contributed by atoms with Crippen molar-refractivity contribution in [2.45, 2.75) is 23.5 Å². The predicted molar refractivity (Wildman–Crippen MR) is 96.1 cm³/mol. The lowest BCUT2D eigenvalue weighted by atomic mass is 10.3. The Morgan fingerprint density at radius 2 is 1.96 bits per heavy atom. The molecule has 1 aromatic heterocycles. The average Bonchev–Trinajstić information content (AvgIpc) is 3.22. The second-order valence-corrected chi connectivity index (χ2v) is 9.20. The first-order valence-corrected chi connectivity index (χ1v) is 10.4. The van der Waals surface area contributed by atoms with Crippen LogP contribution in [0.5, 0.6) is 0 Å². The first-order valence-electron chi connectivity index (χ1n) is 7.69. The molecule has 0 atom stereocenters. The van der Waals surface area contributed by atoms with Gasteiger partial charge in [-0.2, -0.15) is 0 Å². The molecule has 1 aromatic carbocycles. The fourth-order valence-corrected chi connectivity index (χ4v) is 5.17. The van der Waals surface area contributed by atoms with Gasteiger partial charge in [0.15, 0.2) is 0 Å². The third-order valence-corrected chi connectivity index (χ3v) is 7.11. The van der Waals surface area contributed by atoms with Gasteiger partial charge >= 0.3 is 0 Å². The molecule has 0 bridgehead atoms. The molecule has 9 heteroatoms. The van der Waals surface area contributed by atoms with Crippen LogP contribution in [0.4, 0.5) is 10.1 Å². The third kappa shape index (κ3) is 4.31. The number of sulfonamides is 1. The van der Waals surface area contributed by atoms with Gasteiger partial charge in [0, 0.05) is 18.0 Å². The van der Waals surface area contributed by atoms with E-state index < -0.39 is 15.8 Å². The molecule has 1 amide bonds. The molecule has 1 fully saturated rings. The van der Waals surface area contributed by atoms with Crippen LogP contribution in [0.2, 0.25) is 5.02 Å². The van der Waals surface area contributed by atoms with Crippen molar-refractivity contribution in [1.82, 2.24) is 4.90 Å². The van der Waals surface area contributed by atoms with Gasteiger partial charge in [0.05, 0.1) is 17.1 Å². The van der Waals surface area contributed by atoms with Crippen molar-refractivity contribution in [2.24, 2.45) is 0 Å². The molecule has 0 unspecified atom stereocenters. The van der Waals surface area contributed by atoms with E-state index in [1.807, 2.05) is 0 Å². The van der Waals surface area contributed by atoms with Gasteiger partial charge in [-0.05, 0) is 43.2 Å². The molecule has 1 saturated heterocycles. The van der Waals surface area contributed by atoms with E-state index >= 15 is 0 Å². The molecule has 25 heavy (non-hydrogen) atoms. The summed E-state index contributed by atoms with van der Waals surface area (Å²) in [6.45, 7) is 1.53. The number of nitrogens with zero attached hydrogens (tertiary/aromatic N) is 1. The van der Waals surface area contributed by atoms with Gasteiger partial charge in [-0.15, -0.1) is 11.3 Å². The Labute approximate surface area is 154 Å². The summed E-state index contributed by atoms with van der Waals surface area (Å²) in [5, 5.41) is -0.164. The summed E-state index contributed by atoms with van der Waals surface area (Å²) < 4.78 is 40.5. The van der Waals surface area contributed by atoms with Gasteiger partial charge in [0.2, 0.25) is 5.91 Å². The predicted octanol–water partition coefficient (Wildman–Crippen LogP) is 3.51. The summed E-state index contributed by atoms with van der Waals surface area (Å²) in [5.74, 6) is -0.606. The van der Waals surface area contributed by atoms with Crippen LogP contribution >= 0.6 is 22.9 Å². The number of amides is 1. The SMILES string of the molecule is O=C(Cc1ccc(S(=O)(=O)Nc2ccc(F)c(Cl)c2)s1)N1CCCC1. The number of hydrogen-bond donors (Lipinski definition) is 1. The van der Waals surface area contributed by atoms with Gasteiger partial charge < -0.3 is 4.90 Å². The van der Waals surface area contributed by atoms with E-state index in [0.717, 1.165) is 43.3 Å². The lowest BCUT2D eigenvalue weighted by molar-refractivity contribution is -0.129. The molecule has 2 aromatic rings. The number of carbonyl (C=O) groups excluding carboxylic acids is 1. The standard InChI is InChI=1S/C16H16ClFN2O3S2/c17-13-9-11(3-5-14(13)18)19-25(22,23)16-6-4-12(24-16)10-15(21)20-7-1-2-8-20/h3-6,9,19H,1-2,7-8,10H2. The van der Waals surface area contributed by atoms with Crippen LogP contribution in [-0.2, 0) is 21.2 Å². The lowest BCUT2D eigenvalue weighted by Crippen LogP contribution is -2.28. The van der Waals surface area contributed by atoms with Crippen molar-refractivity contribution in [3.8, 4) is 0 Å². The molecule has 0 radical (unpaired) electrons. The number of likely N-dealkylation sites (tertiary alicyclic amines) is 1. The fraction of sp³-hybridized carbons (Fsp3) is 0.312. The van der Waals surface area contributed by atoms with Gasteiger partial charge in [-0.1, -0.05) is 11.6 Å². The van der Waals surface area contributed by atoms with Gasteiger partial charge in [-0.25, -0.2) is 12.8 Å². The summed E-state index contributed by atoms with van der Waals surface area (Å²) >= 11 is 6.71. The number of halogens is 2. The van der Waals surface area contributed by atoms with Crippen LogP contribution in [0.1, 0.15) is 17.7 Å². The Balaban J connectivity index is 1.71. The van der Waals surface area contributed by atoms with Crippen LogP contribution in [0.15, 0.2) is 34.5 Å². The number of rotatable bonds is 5. The van der Waals surface area contributed by atoms with Crippen LogP contribution in [-0.4, -0.2) is 32.3 Å². The number of thiophene rings is 1. The lowest BCUT2D eigenvalue weighted by Gasteiger charge is -2.14. The molecule has 134 valence electrons. The first kappa shape index (κ1) is 18.2. The van der Waals surface area contributed by atoms with Crippen molar-refractivity contribution in [2.75, 3.05) is 17.8 Å². The molecular formula is C16H16ClFN2O3S2. The van der Waals surface area contributed by atoms with Gasteiger partial charge in [0.25, 0.3) is 10.0 Å². The fourth-order valence-electron chi connectivity index (χ4n) is 2.59. The van der Waals surface area contributed by atoms with E-state index in [0.29, 0.717) is 4.88 Å². The Morgan fingerprint density at radius 3 is 2.64 bits per heavy atom. The van der Waals surface area contributed by atoms with Crippen LogP contribution in [0.25, 0.3) is 0 Å². The minimum Gasteiger partial charge on any atom is -0.342 e. The van der Waals surface area contributed by atoms with E-state index in [-0.39, 0.29) is 27.2 Å². The van der Waals surface area contributed by atoms with Crippen molar-refractivity contribution in [3.63, 3.8) is 0 Å². The maximum Gasteiger partial charge on any atom is 0.271 e. The molecule has 2 heterocycles. The summed E-state index contributed by atoms with van der Waals surface area (Å²) in [4.78, 5) is 14.6. The Hall–Kier alpha value is -1.64. The smallest absolute Gasteiger partial charge is 0.271 e. The maximum absolute atomic E-state index is 13.2. The summed E-state index contributed by atoms with van der Waals surface area (Å²) in [6.07, 6.45) is 2.22. The molecule has 5 nitrogen and oxygen atoms in total. The van der Waals surface area contributed by atoms with E-state index in [1.165, 1.54) is 18.2 Å². The number of anilines is 1. The van der Waals surface area contributed by atoms with E-state index in [9.17, 15) is 17.6 Å². The van der Waals surface area contributed by atoms with E-state index in [1.54, 1.807) is 11.0 Å². The van der Waals surface area contributed by atoms with Crippen molar-refractivity contribution in [3.05, 3.63) is 46.0 Å². The number of carbonyl (C=O) groups is 1. The number of nitrogens with one attached hydrogen (secondary N) is 1. The highest BCUT2D eigenvalue weighted by Crippen LogP contribution is 2.27. The normalized spacial score (nSPS) is 14.7. The van der Waals surface area contributed by atoms with E-state index in [4.69, 9.17) is 11.6 Å². The number of benzene rings is 1. The molecular weight excluding hydrogens is 387 g/mol. The second kappa shape index (κ2) is 7.31. The number of hydrogen-bond acceptors (Lipinski definition) is 4. The second-order valence-electron chi connectivity index (χ2n) is 5.72. The minimum absolute atomic E-state index is 0.0153. The highest BCUT2D eigenvalue weighted by atomic mass is 35.5. The third-order valence-electron chi connectivity index (χ3n) is 3.86. The van der Waals surface area contributed by atoms with Gasteiger partial charge in [0.1, 0.15) is 10.0 Å². The Bertz CT molecular complexity index is 893. The zero-order chi connectivity index (χ0) is 18.0. The van der Waals surface area contributed by atoms with Crippen molar-refractivity contribution < 1.29 is 17.6 Å². The van der Waals surface area contributed by atoms with Gasteiger partial charge in [-0.3, -0.25) is 9.52 Å². The zero-order valence-corrected chi connectivity index (χ0v) is 15.6. The largest absolute Gasteiger partial charge is 0.342 e. The summed E-state index contributed by atoms with van der Waals surface area (Å²) in [7, 11) is -3.81. The quantitative estimate of drug-likeness (QED) is 0.832. The monoisotopic (exact) mass is 402 g/mol. The molecule has 3 rings (SSSR count). The molecule has 0 saturated carbocycles. The molecule has 1 aliphatic rings. The first-order chi connectivity index (χ1) is 11.8. The van der Waals surface area contributed by atoms with E-state index in [2.05, 4.69) is 4.72 Å². The molecule has 1 N–H and O–H groups in total. The molecule has 0 spiro atoms. The minimum atomic E-state index is -3.81. The zero-order valence-electron chi connectivity index (χ0n) is 13.2. The Kier molecular flexibility index (Phi) is 5.31. The van der Waals surface area contributed by atoms with Crippen molar-refractivity contribution >= 4 is 44.6 Å².